The van der Waals surface area contributed by atoms with Crippen molar-refractivity contribution in [2.45, 2.75) is 0 Å². The van der Waals surface area contributed by atoms with Crippen LogP contribution in [0.4, 0.5) is 0 Å². The molecule has 19 heavy (non-hydrogen) atoms. The fraction of sp³-hybridized carbons (Fsp3) is 0.538. The highest BCUT2D eigenvalue weighted by molar-refractivity contribution is 6.58. The van der Waals surface area contributed by atoms with Gasteiger partial charge < -0.3 is 19.7 Å². The van der Waals surface area contributed by atoms with Gasteiger partial charge in [0.05, 0.1) is 0 Å². The molecule has 0 radical (unpaired) electrons. The fourth-order valence-electron chi connectivity index (χ4n) is 2.10. The van der Waals surface area contributed by atoms with Crippen molar-refractivity contribution in [2.75, 3.05) is 46.4 Å². The second-order valence-electron chi connectivity index (χ2n) is 4.94. The van der Waals surface area contributed by atoms with Crippen LogP contribution in [0.25, 0.3) is 0 Å². The largest absolute Gasteiger partial charge is 0.492 e. The first-order valence-corrected chi connectivity index (χ1v) is 6.65. The van der Waals surface area contributed by atoms with Crippen LogP contribution in [0, 0.1) is 0 Å². The smallest absolute Gasteiger partial charge is 0.488 e. The van der Waals surface area contributed by atoms with Crippen molar-refractivity contribution in [3.8, 4) is 5.75 Å². The van der Waals surface area contributed by atoms with Gasteiger partial charge in [0.2, 0.25) is 0 Å². The van der Waals surface area contributed by atoms with Crippen molar-refractivity contribution in [3.05, 3.63) is 24.3 Å². The summed E-state index contributed by atoms with van der Waals surface area (Å²) in [5, 5.41) is 18.0. The minimum absolute atomic E-state index is 0.478. The molecule has 1 saturated heterocycles. The van der Waals surface area contributed by atoms with Crippen molar-refractivity contribution in [3.63, 3.8) is 0 Å². The van der Waals surface area contributed by atoms with Crippen LogP contribution >= 0.6 is 0 Å². The molecule has 1 heterocycles. The maximum absolute atomic E-state index is 8.99. The Kier molecular flexibility index (Phi) is 5.21. The Balaban J connectivity index is 1.70. The summed E-state index contributed by atoms with van der Waals surface area (Å²) in [6.07, 6.45) is 0. The SMILES string of the molecule is CN1CCN(CCOc2ccc(B(O)O)cc2)CC1. The van der Waals surface area contributed by atoms with Crippen LogP contribution in [0.15, 0.2) is 24.3 Å². The number of piperazine rings is 1. The molecule has 6 heteroatoms. The van der Waals surface area contributed by atoms with Gasteiger partial charge in [0.1, 0.15) is 12.4 Å². The van der Waals surface area contributed by atoms with Gasteiger partial charge in [-0.25, -0.2) is 0 Å². The number of ether oxygens (including phenoxy) is 1. The third-order valence-corrected chi connectivity index (χ3v) is 3.45. The summed E-state index contributed by atoms with van der Waals surface area (Å²) in [6, 6.07) is 6.85. The van der Waals surface area contributed by atoms with E-state index in [1.807, 2.05) is 0 Å². The third-order valence-electron chi connectivity index (χ3n) is 3.45. The molecule has 1 aliphatic heterocycles. The molecule has 5 nitrogen and oxygen atoms in total. The van der Waals surface area contributed by atoms with E-state index in [2.05, 4.69) is 16.8 Å². The van der Waals surface area contributed by atoms with E-state index in [0.717, 1.165) is 38.5 Å². The molecule has 0 amide bonds. The van der Waals surface area contributed by atoms with E-state index in [0.29, 0.717) is 12.1 Å². The maximum atomic E-state index is 8.99. The van der Waals surface area contributed by atoms with Gasteiger partial charge >= 0.3 is 7.12 Å². The summed E-state index contributed by atoms with van der Waals surface area (Å²) in [5.74, 6) is 0.763. The highest BCUT2D eigenvalue weighted by Crippen LogP contribution is 2.08. The van der Waals surface area contributed by atoms with Gasteiger partial charge in [-0.1, -0.05) is 12.1 Å². The lowest BCUT2D eigenvalue weighted by Crippen LogP contribution is -2.45. The molecule has 1 aromatic rings. The van der Waals surface area contributed by atoms with Gasteiger partial charge in [0, 0.05) is 32.7 Å². The molecule has 0 aromatic heterocycles. The molecule has 0 saturated carbocycles. The van der Waals surface area contributed by atoms with Gasteiger partial charge in [0.25, 0.3) is 0 Å². The molecule has 2 rings (SSSR count). The third kappa shape index (κ3) is 4.51. The first-order chi connectivity index (χ1) is 9.15. The first kappa shape index (κ1) is 14.3. The Labute approximate surface area is 114 Å². The van der Waals surface area contributed by atoms with E-state index in [4.69, 9.17) is 14.8 Å². The number of rotatable bonds is 5. The minimum atomic E-state index is -1.42. The lowest BCUT2D eigenvalue weighted by atomic mass is 9.80. The molecule has 1 aliphatic rings. The zero-order chi connectivity index (χ0) is 13.7. The first-order valence-electron chi connectivity index (χ1n) is 6.65. The standard InChI is InChI=1S/C13H21BN2O3/c1-15-6-8-16(9-7-15)10-11-19-13-4-2-12(3-5-13)14(17)18/h2-5,17-18H,6-11H2,1H3. The van der Waals surface area contributed by atoms with E-state index in [9.17, 15) is 0 Å². The van der Waals surface area contributed by atoms with E-state index >= 15 is 0 Å². The summed E-state index contributed by atoms with van der Waals surface area (Å²) >= 11 is 0. The Morgan fingerprint density at radius 1 is 1.11 bits per heavy atom. The lowest BCUT2D eigenvalue weighted by molar-refractivity contribution is 0.134. The Hall–Kier alpha value is -1.08. The number of nitrogens with zero attached hydrogens (tertiary/aromatic N) is 2. The molecule has 0 atom stereocenters. The Morgan fingerprint density at radius 3 is 2.32 bits per heavy atom. The van der Waals surface area contributed by atoms with E-state index in [1.165, 1.54) is 0 Å². The molecule has 1 aromatic carbocycles. The van der Waals surface area contributed by atoms with Crippen LogP contribution in [0.1, 0.15) is 0 Å². The number of hydrogen-bond acceptors (Lipinski definition) is 5. The molecule has 104 valence electrons. The number of hydrogen-bond donors (Lipinski definition) is 2. The highest BCUT2D eigenvalue weighted by Gasteiger charge is 2.13. The molecular formula is C13H21BN2O3. The fourth-order valence-corrected chi connectivity index (χ4v) is 2.10. The van der Waals surface area contributed by atoms with Crippen molar-refractivity contribution >= 4 is 12.6 Å². The molecule has 0 aliphatic carbocycles. The van der Waals surface area contributed by atoms with Gasteiger partial charge in [-0.05, 0) is 24.6 Å². The molecule has 2 N–H and O–H groups in total. The summed E-state index contributed by atoms with van der Waals surface area (Å²) < 4.78 is 5.65. The normalized spacial score (nSPS) is 17.4. The minimum Gasteiger partial charge on any atom is -0.492 e. The van der Waals surface area contributed by atoms with Crippen LogP contribution in [-0.2, 0) is 0 Å². The average molecular weight is 264 g/mol. The summed E-state index contributed by atoms with van der Waals surface area (Å²) in [5.41, 5.74) is 0.478. The maximum Gasteiger partial charge on any atom is 0.488 e. The van der Waals surface area contributed by atoms with Crippen molar-refractivity contribution in [1.82, 2.24) is 9.80 Å². The Morgan fingerprint density at radius 2 is 1.74 bits per heavy atom. The zero-order valence-corrected chi connectivity index (χ0v) is 11.3. The van der Waals surface area contributed by atoms with Crippen LogP contribution < -0.4 is 10.2 Å². The lowest BCUT2D eigenvalue weighted by Gasteiger charge is -2.32. The van der Waals surface area contributed by atoms with Crippen LogP contribution in [0.2, 0.25) is 0 Å². The van der Waals surface area contributed by atoms with Crippen LogP contribution in [-0.4, -0.2) is 73.3 Å². The molecule has 0 spiro atoms. The van der Waals surface area contributed by atoms with Gasteiger partial charge in [-0.2, -0.15) is 0 Å². The van der Waals surface area contributed by atoms with Gasteiger partial charge in [0.15, 0.2) is 0 Å². The molecule has 1 fully saturated rings. The van der Waals surface area contributed by atoms with Crippen molar-refractivity contribution < 1.29 is 14.8 Å². The second kappa shape index (κ2) is 6.91. The van der Waals surface area contributed by atoms with Crippen LogP contribution in [0.3, 0.4) is 0 Å². The van der Waals surface area contributed by atoms with Gasteiger partial charge in [-0.3, -0.25) is 4.90 Å². The molecular weight excluding hydrogens is 243 g/mol. The van der Waals surface area contributed by atoms with Crippen molar-refractivity contribution in [1.29, 1.82) is 0 Å². The molecule has 0 unspecified atom stereocenters. The van der Waals surface area contributed by atoms with Crippen LogP contribution in [0.5, 0.6) is 5.75 Å². The van der Waals surface area contributed by atoms with Gasteiger partial charge in [-0.15, -0.1) is 0 Å². The quantitative estimate of drug-likeness (QED) is 0.668. The molecule has 0 bridgehead atoms. The average Bonchev–Trinajstić information content (AvgIpc) is 2.41. The van der Waals surface area contributed by atoms with E-state index in [1.54, 1.807) is 24.3 Å². The summed E-state index contributed by atoms with van der Waals surface area (Å²) in [7, 11) is 0.727. The van der Waals surface area contributed by atoms with E-state index in [-0.39, 0.29) is 0 Å². The second-order valence-corrected chi connectivity index (χ2v) is 4.94. The van der Waals surface area contributed by atoms with E-state index < -0.39 is 7.12 Å². The van der Waals surface area contributed by atoms with Crippen molar-refractivity contribution in [2.24, 2.45) is 0 Å². The monoisotopic (exact) mass is 264 g/mol. The highest BCUT2D eigenvalue weighted by atomic mass is 16.5. The predicted octanol–water partition coefficient (Wildman–Crippen LogP) is -1.01. The Bertz CT molecular complexity index is 378. The predicted molar refractivity (Wildman–Crippen MR) is 75.7 cm³/mol. The summed E-state index contributed by atoms with van der Waals surface area (Å²) in [6.45, 7) is 6.00. The zero-order valence-electron chi connectivity index (χ0n) is 11.3. The summed E-state index contributed by atoms with van der Waals surface area (Å²) in [4.78, 5) is 4.72. The topological polar surface area (TPSA) is 56.2 Å². The number of likely N-dealkylation sites (N-methyl/N-ethyl adjacent to an activating group) is 1. The number of benzene rings is 1.